The van der Waals surface area contributed by atoms with E-state index in [4.69, 9.17) is 0 Å². The van der Waals surface area contributed by atoms with Crippen LogP contribution in [-0.2, 0) is 6.18 Å². The van der Waals surface area contributed by atoms with E-state index in [1.165, 1.54) is 12.1 Å². The summed E-state index contributed by atoms with van der Waals surface area (Å²) in [4.78, 5) is 0. The summed E-state index contributed by atoms with van der Waals surface area (Å²) in [6.45, 7) is 1.57. The molecule has 1 nitrogen and oxygen atoms in total. The third-order valence-electron chi connectivity index (χ3n) is 2.15. The van der Waals surface area contributed by atoms with Gasteiger partial charge in [-0.2, -0.15) is 13.2 Å². The van der Waals surface area contributed by atoms with Gasteiger partial charge in [0, 0.05) is 10.9 Å². The van der Waals surface area contributed by atoms with E-state index in [1.54, 1.807) is 6.92 Å². The van der Waals surface area contributed by atoms with Crippen LogP contribution in [0, 0.1) is 11.8 Å². The highest BCUT2D eigenvalue weighted by Crippen LogP contribution is 2.36. The SMILES string of the molecule is CC#CCC(O)c1ccc(Br)cc1C(F)(F)F. The van der Waals surface area contributed by atoms with Crippen molar-refractivity contribution < 1.29 is 18.3 Å². The lowest BCUT2D eigenvalue weighted by Crippen LogP contribution is -2.12. The van der Waals surface area contributed by atoms with Crippen LogP contribution < -0.4 is 0 Å². The van der Waals surface area contributed by atoms with Crippen LogP contribution in [0.15, 0.2) is 22.7 Å². The van der Waals surface area contributed by atoms with Crippen LogP contribution in [-0.4, -0.2) is 5.11 Å². The van der Waals surface area contributed by atoms with E-state index < -0.39 is 17.8 Å². The Morgan fingerprint density at radius 1 is 1.41 bits per heavy atom. The minimum atomic E-state index is -4.49. The van der Waals surface area contributed by atoms with Crippen LogP contribution in [0.5, 0.6) is 0 Å². The second-order valence-corrected chi connectivity index (χ2v) is 4.29. The number of aliphatic hydroxyl groups is 1. The lowest BCUT2D eigenvalue weighted by molar-refractivity contribution is -0.139. The number of rotatable bonds is 2. The second kappa shape index (κ2) is 5.56. The Kier molecular flexibility index (Phi) is 4.61. The minimum Gasteiger partial charge on any atom is -0.387 e. The van der Waals surface area contributed by atoms with Crippen LogP contribution in [0.2, 0.25) is 0 Å². The van der Waals surface area contributed by atoms with Crippen molar-refractivity contribution in [3.05, 3.63) is 33.8 Å². The third kappa shape index (κ3) is 3.76. The standard InChI is InChI=1S/C12H10BrF3O/c1-2-3-4-11(17)9-6-5-8(13)7-10(9)12(14,15)16/h5-7,11,17H,4H2,1H3. The molecule has 1 aromatic carbocycles. The predicted molar refractivity (Wildman–Crippen MR) is 62.2 cm³/mol. The number of halogens is 4. The zero-order valence-electron chi connectivity index (χ0n) is 8.98. The van der Waals surface area contributed by atoms with Crippen molar-refractivity contribution in [3.8, 4) is 11.8 Å². The highest BCUT2D eigenvalue weighted by atomic mass is 79.9. The van der Waals surface area contributed by atoms with Gasteiger partial charge in [-0.25, -0.2) is 0 Å². The zero-order valence-corrected chi connectivity index (χ0v) is 10.6. The monoisotopic (exact) mass is 306 g/mol. The average molecular weight is 307 g/mol. The molecule has 0 amide bonds. The molecule has 0 fully saturated rings. The molecule has 0 bridgehead atoms. The predicted octanol–water partition coefficient (Wildman–Crippen LogP) is 3.91. The van der Waals surface area contributed by atoms with Gasteiger partial charge in [-0.3, -0.25) is 0 Å². The molecule has 0 aliphatic rings. The fourth-order valence-corrected chi connectivity index (χ4v) is 1.73. The molecule has 0 aliphatic heterocycles. The maximum atomic E-state index is 12.7. The smallest absolute Gasteiger partial charge is 0.387 e. The van der Waals surface area contributed by atoms with Gasteiger partial charge in [-0.05, 0) is 24.6 Å². The summed E-state index contributed by atoms with van der Waals surface area (Å²) in [7, 11) is 0. The fourth-order valence-electron chi connectivity index (χ4n) is 1.37. The summed E-state index contributed by atoms with van der Waals surface area (Å²) in [6, 6.07) is 3.68. The van der Waals surface area contributed by atoms with Crippen LogP contribution in [0.3, 0.4) is 0 Å². The van der Waals surface area contributed by atoms with Crippen molar-refractivity contribution in [2.24, 2.45) is 0 Å². The molecule has 0 heterocycles. The Bertz CT molecular complexity index is 457. The molecule has 0 saturated carbocycles. The summed E-state index contributed by atoms with van der Waals surface area (Å²) in [6.07, 6.45) is -5.73. The maximum absolute atomic E-state index is 12.7. The van der Waals surface area contributed by atoms with Gasteiger partial charge < -0.3 is 5.11 Å². The molecule has 0 radical (unpaired) electrons. The van der Waals surface area contributed by atoms with E-state index in [0.29, 0.717) is 4.47 Å². The van der Waals surface area contributed by atoms with Crippen LogP contribution in [0.4, 0.5) is 13.2 Å². The van der Waals surface area contributed by atoms with Crippen molar-refractivity contribution >= 4 is 15.9 Å². The molecular formula is C12H10BrF3O. The Morgan fingerprint density at radius 3 is 2.59 bits per heavy atom. The van der Waals surface area contributed by atoms with Gasteiger partial charge in [0.05, 0.1) is 11.7 Å². The van der Waals surface area contributed by atoms with Crippen LogP contribution in [0.1, 0.15) is 30.6 Å². The molecule has 0 saturated heterocycles. The molecule has 1 N–H and O–H groups in total. The Labute approximate surface area is 106 Å². The Hall–Kier alpha value is -0.990. The molecule has 5 heteroatoms. The van der Waals surface area contributed by atoms with E-state index in [2.05, 4.69) is 27.8 Å². The molecule has 17 heavy (non-hydrogen) atoms. The van der Waals surface area contributed by atoms with Crippen molar-refractivity contribution in [2.45, 2.75) is 25.6 Å². The van der Waals surface area contributed by atoms with E-state index in [9.17, 15) is 18.3 Å². The molecular weight excluding hydrogens is 297 g/mol. The van der Waals surface area contributed by atoms with Gasteiger partial charge in [-0.1, -0.05) is 22.0 Å². The van der Waals surface area contributed by atoms with Crippen LogP contribution in [0.25, 0.3) is 0 Å². The molecule has 1 rings (SSSR count). The Balaban J connectivity index is 3.17. The zero-order chi connectivity index (χ0) is 13.1. The highest BCUT2D eigenvalue weighted by Gasteiger charge is 2.34. The number of hydrogen-bond acceptors (Lipinski definition) is 1. The molecule has 0 spiro atoms. The normalized spacial score (nSPS) is 12.8. The van der Waals surface area contributed by atoms with Gasteiger partial charge in [-0.15, -0.1) is 11.8 Å². The van der Waals surface area contributed by atoms with E-state index in [-0.39, 0.29) is 12.0 Å². The van der Waals surface area contributed by atoms with Gasteiger partial charge in [0.2, 0.25) is 0 Å². The highest BCUT2D eigenvalue weighted by molar-refractivity contribution is 9.10. The number of benzene rings is 1. The topological polar surface area (TPSA) is 20.2 Å². The van der Waals surface area contributed by atoms with Crippen molar-refractivity contribution in [1.82, 2.24) is 0 Å². The molecule has 1 unspecified atom stereocenters. The molecule has 92 valence electrons. The van der Waals surface area contributed by atoms with Gasteiger partial charge >= 0.3 is 6.18 Å². The van der Waals surface area contributed by atoms with Crippen LogP contribution >= 0.6 is 15.9 Å². The largest absolute Gasteiger partial charge is 0.416 e. The molecule has 1 aromatic rings. The number of aliphatic hydroxyl groups excluding tert-OH is 1. The number of alkyl halides is 3. The first-order valence-corrected chi connectivity index (χ1v) is 5.60. The summed E-state index contributed by atoms with van der Waals surface area (Å²) in [5.41, 5.74) is -0.985. The average Bonchev–Trinajstić information content (AvgIpc) is 2.24. The summed E-state index contributed by atoms with van der Waals surface area (Å²) < 4.78 is 38.6. The van der Waals surface area contributed by atoms with Crippen molar-refractivity contribution in [1.29, 1.82) is 0 Å². The lowest BCUT2D eigenvalue weighted by atomic mass is 10.00. The number of hydrogen-bond donors (Lipinski definition) is 1. The van der Waals surface area contributed by atoms with E-state index >= 15 is 0 Å². The first-order chi connectivity index (χ1) is 7.86. The quantitative estimate of drug-likeness (QED) is 0.821. The summed E-state index contributed by atoms with van der Waals surface area (Å²) in [5.74, 6) is 5.10. The van der Waals surface area contributed by atoms with Gasteiger partial charge in [0.1, 0.15) is 0 Å². The fraction of sp³-hybridized carbons (Fsp3) is 0.333. The van der Waals surface area contributed by atoms with Crippen molar-refractivity contribution in [3.63, 3.8) is 0 Å². The van der Waals surface area contributed by atoms with E-state index in [1.807, 2.05) is 0 Å². The first kappa shape index (κ1) is 14.1. The summed E-state index contributed by atoms with van der Waals surface area (Å²) >= 11 is 2.98. The molecule has 1 atom stereocenters. The third-order valence-corrected chi connectivity index (χ3v) is 2.65. The van der Waals surface area contributed by atoms with Gasteiger partial charge in [0.25, 0.3) is 0 Å². The summed E-state index contributed by atoms with van der Waals surface area (Å²) in [5, 5.41) is 9.67. The van der Waals surface area contributed by atoms with Gasteiger partial charge in [0.15, 0.2) is 0 Å². The lowest BCUT2D eigenvalue weighted by Gasteiger charge is -2.16. The van der Waals surface area contributed by atoms with E-state index in [0.717, 1.165) is 6.07 Å². The minimum absolute atomic E-state index is 0.0127. The maximum Gasteiger partial charge on any atom is 0.416 e. The Morgan fingerprint density at radius 2 is 2.06 bits per heavy atom. The van der Waals surface area contributed by atoms with Crippen molar-refractivity contribution in [2.75, 3.05) is 0 Å². The molecule has 0 aromatic heterocycles. The molecule has 0 aliphatic carbocycles. The second-order valence-electron chi connectivity index (χ2n) is 3.38. The first-order valence-electron chi connectivity index (χ1n) is 4.80.